The van der Waals surface area contributed by atoms with Crippen molar-refractivity contribution in [3.05, 3.63) is 36.1 Å². The van der Waals surface area contributed by atoms with Gasteiger partial charge >= 0.3 is 12.5 Å². The Balaban J connectivity index is 1.84. The van der Waals surface area contributed by atoms with Crippen LogP contribution in [0.15, 0.2) is 34.9 Å². The van der Waals surface area contributed by atoms with Gasteiger partial charge in [0, 0.05) is 18.2 Å². The lowest BCUT2D eigenvalue weighted by Crippen LogP contribution is -2.36. The topological polar surface area (TPSA) is 64.8 Å². The van der Waals surface area contributed by atoms with Crippen LogP contribution >= 0.6 is 0 Å². The minimum atomic E-state index is -4.82. The molecule has 0 aliphatic carbocycles. The molecule has 3 rings (SSSR count). The second-order valence-corrected chi connectivity index (χ2v) is 7.49. The van der Waals surface area contributed by atoms with Gasteiger partial charge in [0.05, 0.1) is 6.04 Å². The van der Waals surface area contributed by atoms with Gasteiger partial charge in [0.25, 0.3) is 0 Å². The minimum absolute atomic E-state index is 0.150. The van der Waals surface area contributed by atoms with Gasteiger partial charge in [-0.25, -0.2) is 4.79 Å². The SMILES string of the molecule is CC(C)(C)OC(=O)N1CCCC1c1cc(-c2ccccc2OC(F)(F)F)no1. The summed E-state index contributed by atoms with van der Waals surface area (Å²) in [5.74, 6) is 0.0189. The van der Waals surface area contributed by atoms with Crippen molar-refractivity contribution in [2.75, 3.05) is 6.54 Å². The second kappa shape index (κ2) is 7.37. The van der Waals surface area contributed by atoms with E-state index in [0.717, 1.165) is 6.42 Å². The third kappa shape index (κ3) is 4.76. The molecule has 2 aromatic rings. The predicted octanol–water partition coefficient (Wildman–Crippen LogP) is 5.31. The quantitative estimate of drug-likeness (QED) is 0.701. The lowest BCUT2D eigenvalue weighted by molar-refractivity contribution is -0.274. The lowest BCUT2D eigenvalue weighted by atomic mass is 10.1. The molecule has 1 fully saturated rings. The highest BCUT2D eigenvalue weighted by atomic mass is 19.4. The molecule has 6 nitrogen and oxygen atoms in total. The van der Waals surface area contributed by atoms with E-state index in [4.69, 9.17) is 9.26 Å². The zero-order valence-corrected chi connectivity index (χ0v) is 15.7. The molecule has 1 atom stereocenters. The van der Waals surface area contributed by atoms with Crippen LogP contribution in [0, 0.1) is 0 Å². The van der Waals surface area contributed by atoms with Crippen LogP contribution in [0.3, 0.4) is 0 Å². The van der Waals surface area contributed by atoms with Gasteiger partial charge in [0.1, 0.15) is 17.0 Å². The van der Waals surface area contributed by atoms with Gasteiger partial charge in [-0.3, -0.25) is 4.90 Å². The second-order valence-electron chi connectivity index (χ2n) is 7.49. The van der Waals surface area contributed by atoms with Crippen molar-refractivity contribution < 1.29 is 32.0 Å². The normalized spacial score (nSPS) is 17.6. The molecule has 0 bridgehead atoms. The summed E-state index contributed by atoms with van der Waals surface area (Å²) >= 11 is 0. The number of hydrogen-bond donors (Lipinski definition) is 0. The monoisotopic (exact) mass is 398 g/mol. The number of benzene rings is 1. The molecule has 1 saturated heterocycles. The van der Waals surface area contributed by atoms with E-state index >= 15 is 0 Å². The average molecular weight is 398 g/mol. The van der Waals surface area contributed by atoms with Crippen molar-refractivity contribution in [2.45, 2.75) is 51.6 Å². The number of nitrogens with zero attached hydrogens (tertiary/aromatic N) is 2. The molecule has 1 amide bonds. The number of amides is 1. The van der Waals surface area contributed by atoms with E-state index in [0.29, 0.717) is 18.7 Å². The molecule has 0 N–H and O–H groups in total. The van der Waals surface area contributed by atoms with Crippen molar-refractivity contribution >= 4 is 6.09 Å². The highest BCUT2D eigenvalue weighted by Crippen LogP contribution is 2.38. The summed E-state index contributed by atoms with van der Waals surface area (Å²) in [5.41, 5.74) is -0.285. The maximum atomic E-state index is 12.6. The Morgan fingerprint density at radius 2 is 1.96 bits per heavy atom. The summed E-state index contributed by atoms with van der Waals surface area (Å²) in [6.07, 6.45) is -3.88. The number of carbonyl (C=O) groups excluding carboxylic acids is 1. The minimum Gasteiger partial charge on any atom is -0.444 e. The summed E-state index contributed by atoms with van der Waals surface area (Å²) < 4.78 is 52.8. The molecule has 2 heterocycles. The summed E-state index contributed by atoms with van der Waals surface area (Å²) in [4.78, 5) is 14.0. The van der Waals surface area contributed by atoms with Crippen molar-refractivity contribution in [3.8, 4) is 17.0 Å². The van der Waals surface area contributed by atoms with Crippen molar-refractivity contribution in [3.63, 3.8) is 0 Å². The van der Waals surface area contributed by atoms with Gasteiger partial charge < -0.3 is 14.0 Å². The Labute approximate surface area is 160 Å². The number of ether oxygens (including phenoxy) is 2. The van der Waals surface area contributed by atoms with Crippen LogP contribution in [-0.2, 0) is 4.74 Å². The molecule has 0 saturated carbocycles. The molecule has 1 aliphatic heterocycles. The molecule has 1 aromatic carbocycles. The highest BCUT2D eigenvalue weighted by molar-refractivity contribution is 5.70. The van der Waals surface area contributed by atoms with Crippen LogP contribution in [0.2, 0.25) is 0 Å². The average Bonchev–Trinajstić information content (AvgIpc) is 3.21. The summed E-state index contributed by atoms with van der Waals surface area (Å²) in [5, 5.41) is 3.89. The third-order valence-electron chi connectivity index (χ3n) is 4.13. The third-order valence-corrected chi connectivity index (χ3v) is 4.13. The van der Waals surface area contributed by atoms with Gasteiger partial charge in [0.15, 0.2) is 5.76 Å². The Hall–Kier alpha value is -2.71. The summed E-state index contributed by atoms with van der Waals surface area (Å²) in [7, 11) is 0. The number of halogens is 3. The van der Waals surface area contributed by atoms with Crippen molar-refractivity contribution in [1.82, 2.24) is 10.1 Å². The summed E-state index contributed by atoms with van der Waals surface area (Å²) in [6.45, 7) is 5.84. The van der Waals surface area contributed by atoms with Gasteiger partial charge in [-0.2, -0.15) is 0 Å². The fourth-order valence-corrected chi connectivity index (χ4v) is 3.07. The Bertz CT molecular complexity index is 842. The fraction of sp³-hybridized carbons (Fsp3) is 0.474. The van der Waals surface area contributed by atoms with E-state index < -0.39 is 18.1 Å². The number of para-hydroxylation sites is 1. The Morgan fingerprint density at radius 3 is 2.64 bits per heavy atom. The number of alkyl halides is 3. The van der Waals surface area contributed by atoms with E-state index in [1.807, 2.05) is 0 Å². The molecular formula is C19H21F3N2O4. The maximum Gasteiger partial charge on any atom is 0.573 e. The van der Waals surface area contributed by atoms with Gasteiger partial charge in [-0.15, -0.1) is 13.2 Å². The first-order valence-corrected chi connectivity index (χ1v) is 8.85. The van der Waals surface area contributed by atoms with Crippen molar-refractivity contribution in [1.29, 1.82) is 0 Å². The molecule has 9 heteroatoms. The van der Waals surface area contributed by atoms with E-state index in [2.05, 4.69) is 9.89 Å². The standard InChI is InChI=1S/C19H21F3N2O4/c1-18(2,3)27-17(25)24-10-6-8-14(24)16-11-13(23-28-16)12-7-4-5-9-15(12)26-19(20,21)22/h4-5,7,9,11,14H,6,8,10H2,1-3H3. The van der Waals surface area contributed by atoms with E-state index in [-0.39, 0.29) is 23.0 Å². The molecule has 1 aliphatic rings. The van der Waals surface area contributed by atoms with E-state index in [1.54, 1.807) is 31.7 Å². The van der Waals surface area contributed by atoms with Crippen LogP contribution in [0.4, 0.5) is 18.0 Å². The van der Waals surface area contributed by atoms with Crippen LogP contribution in [0.25, 0.3) is 11.3 Å². The first-order valence-electron chi connectivity index (χ1n) is 8.85. The smallest absolute Gasteiger partial charge is 0.444 e. The van der Waals surface area contributed by atoms with Crippen LogP contribution < -0.4 is 4.74 Å². The molecule has 28 heavy (non-hydrogen) atoms. The predicted molar refractivity (Wildman–Crippen MR) is 93.5 cm³/mol. The van der Waals surface area contributed by atoms with Crippen molar-refractivity contribution in [2.24, 2.45) is 0 Å². The zero-order valence-electron chi connectivity index (χ0n) is 15.7. The van der Waals surface area contributed by atoms with E-state index in [9.17, 15) is 18.0 Å². The number of hydrogen-bond acceptors (Lipinski definition) is 5. The van der Waals surface area contributed by atoms with Crippen LogP contribution in [-0.4, -0.2) is 34.7 Å². The van der Waals surface area contributed by atoms with Gasteiger partial charge in [-0.1, -0.05) is 17.3 Å². The fourth-order valence-electron chi connectivity index (χ4n) is 3.07. The largest absolute Gasteiger partial charge is 0.573 e. The highest BCUT2D eigenvalue weighted by Gasteiger charge is 2.36. The number of likely N-dealkylation sites (tertiary alicyclic amines) is 1. The molecule has 0 radical (unpaired) electrons. The van der Waals surface area contributed by atoms with Crippen LogP contribution in [0.1, 0.15) is 45.4 Å². The number of carbonyl (C=O) groups is 1. The Kier molecular flexibility index (Phi) is 5.27. The van der Waals surface area contributed by atoms with Crippen LogP contribution in [0.5, 0.6) is 5.75 Å². The first-order chi connectivity index (χ1) is 13.0. The molecule has 0 spiro atoms. The molecule has 1 aromatic heterocycles. The lowest BCUT2D eigenvalue weighted by Gasteiger charge is -2.27. The molecule has 152 valence electrons. The zero-order chi connectivity index (χ0) is 20.5. The number of rotatable bonds is 3. The van der Waals surface area contributed by atoms with Gasteiger partial charge in [-0.05, 0) is 45.7 Å². The number of aromatic nitrogens is 1. The Morgan fingerprint density at radius 1 is 1.25 bits per heavy atom. The van der Waals surface area contributed by atoms with E-state index in [1.165, 1.54) is 24.3 Å². The first kappa shape index (κ1) is 20.0. The molecular weight excluding hydrogens is 377 g/mol. The summed E-state index contributed by atoms with van der Waals surface area (Å²) in [6, 6.07) is 6.84. The molecule has 1 unspecified atom stereocenters. The van der Waals surface area contributed by atoms with Gasteiger partial charge in [0.2, 0.25) is 0 Å². The maximum absolute atomic E-state index is 12.6.